The predicted molar refractivity (Wildman–Crippen MR) is 125 cm³/mol. The molecule has 1 fully saturated rings. The van der Waals surface area contributed by atoms with Crippen molar-refractivity contribution < 1.29 is 4.79 Å². The molecule has 0 aliphatic carbocycles. The molecule has 2 heterocycles. The molecule has 0 saturated carbocycles. The first kappa shape index (κ1) is 19.3. The Hall–Kier alpha value is -2.63. The van der Waals surface area contributed by atoms with E-state index in [0.29, 0.717) is 13.1 Å². The number of hydrogen-bond acceptors (Lipinski definition) is 3. The maximum Gasteiger partial charge on any atom is 0.329 e. The number of carbonyl (C=O) groups excluding carboxylic acids is 1. The van der Waals surface area contributed by atoms with Crippen LogP contribution in [0, 0.1) is 6.92 Å². The molecule has 0 N–H and O–H groups in total. The summed E-state index contributed by atoms with van der Waals surface area (Å²) in [6.07, 6.45) is 0. The average molecular weight is 436 g/mol. The Balaban J connectivity index is 1.40. The Morgan fingerprint density at radius 3 is 2.07 bits per heavy atom. The van der Waals surface area contributed by atoms with E-state index >= 15 is 0 Å². The van der Waals surface area contributed by atoms with Crippen LogP contribution in [0.15, 0.2) is 76.5 Å². The van der Waals surface area contributed by atoms with E-state index < -0.39 is 0 Å². The van der Waals surface area contributed by atoms with Crippen molar-refractivity contribution in [2.24, 2.45) is 0 Å². The molecule has 2 amide bonds. The summed E-state index contributed by atoms with van der Waals surface area (Å²) in [5.41, 5.74) is 4.27. The molecule has 0 aromatic heterocycles. The van der Waals surface area contributed by atoms with Crippen molar-refractivity contribution in [2.45, 2.75) is 16.7 Å². The van der Waals surface area contributed by atoms with Gasteiger partial charge in [0.05, 0.1) is 11.4 Å². The van der Waals surface area contributed by atoms with Crippen LogP contribution in [0.5, 0.6) is 0 Å². The van der Waals surface area contributed by atoms with Crippen LogP contribution < -0.4 is 9.80 Å². The SMILES string of the molecule is Cc1ccc(Cl)cc1N1CCN(C(=O)N2c3ccccc3Sc3ccccc32)CC1. The third-order valence-corrected chi connectivity index (χ3v) is 7.05. The largest absolute Gasteiger partial charge is 0.368 e. The van der Waals surface area contributed by atoms with Gasteiger partial charge in [-0.1, -0.05) is 53.7 Å². The molecule has 3 aromatic rings. The minimum absolute atomic E-state index is 0.0395. The number of amides is 2. The van der Waals surface area contributed by atoms with Gasteiger partial charge in [0.25, 0.3) is 0 Å². The van der Waals surface area contributed by atoms with Crippen LogP contribution in [0.25, 0.3) is 0 Å². The van der Waals surface area contributed by atoms with E-state index in [1.807, 2.05) is 58.3 Å². The molecule has 0 atom stereocenters. The van der Waals surface area contributed by atoms with E-state index in [2.05, 4.69) is 30.0 Å². The number of nitrogens with zero attached hydrogens (tertiary/aromatic N) is 3. The highest BCUT2D eigenvalue weighted by Gasteiger charge is 2.32. The van der Waals surface area contributed by atoms with Crippen molar-refractivity contribution in [3.05, 3.63) is 77.3 Å². The number of para-hydroxylation sites is 2. The lowest BCUT2D eigenvalue weighted by molar-refractivity contribution is 0.203. The van der Waals surface area contributed by atoms with Crippen molar-refractivity contribution in [1.82, 2.24) is 4.90 Å². The van der Waals surface area contributed by atoms with Gasteiger partial charge in [-0.3, -0.25) is 4.90 Å². The molecule has 0 unspecified atom stereocenters. The fourth-order valence-corrected chi connectivity index (χ4v) is 5.34. The third kappa shape index (κ3) is 3.42. The Bertz CT molecular complexity index is 1070. The van der Waals surface area contributed by atoms with E-state index in [1.54, 1.807) is 11.8 Å². The average Bonchev–Trinajstić information content (AvgIpc) is 2.78. The quantitative estimate of drug-likeness (QED) is 0.455. The zero-order valence-electron chi connectivity index (χ0n) is 16.7. The van der Waals surface area contributed by atoms with Crippen molar-refractivity contribution >= 4 is 46.5 Å². The summed E-state index contributed by atoms with van der Waals surface area (Å²) in [5.74, 6) is 0. The van der Waals surface area contributed by atoms with Gasteiger partial charge in [0.15, 0.2) is 0 Å². The summed E-state index contributed by atoms with van der Waals surface area (Å²) >= 11 is 7.93. The van der Waals surface area contributed by atoms with Crippen LogP contribution in [0.3, 0.4) is 0 Å². The zero-order chi connectivity index (χ0) is 20.7. The van der Waals surface area contributed by atoms with E-state index in [4.69, 9.17) is 11.6 Å². The number of fused-ring (bicyclic) bond motifs is 2. The standard InChI is InChI=1S/C24H22ClN3OS/c1-17-10-11-18(25)16-21(17)26-12-14-27(15-13-26)24(29)28-19-6-2-4-8-22(19)30-23-9-5-3-7-20(23)28/h2-11,16H,12-15H2,1H3. The lowest BCUT2D eigenvalue weighted by Crippen LogP contribution is -2.52. The molecule has 6 heteroatoms. The first-order chi connectivity index (χ1) is 14.6. The monoisotopic (exact) mass is 435 g/mol. The van der Waals surface area contributed by atoms with Crippen molar-refractivity contribution in [2.75, 3.05) is 36.0 Å². The minimum Gasteiger partial charge on any atom is -0.368 e. The third-order valence-electron chi connectivity index (χ3n) is 5.69. The Labute approximate surface area is 186 Å². The number of rotatable bonds is 1. The van der Waals surface area contributed by atoms with Crippen LogP contribution in [0.1, 0.15) is 5.56 Å². The molecular weight excluding hydrogens is 414 g/mol. The highest BCUT2D eigenvalue weighted by molar-refractivity contribution is 7.99. The number of halogens is 1. The molecule has 3 aromatic carbocycles. The van der Waals surface area contributed by atoms with Gasteiger partial charge in [-0.15, -0.1) is 0 Å². The van der Waals surface area contributed by atoms with E-state index in [1.165, 1.54) is 5.56 Å². The first-order valence-electron chi connectivity index (χ1n) is 10.1. The predicted octanol–water partition coefficient (Wildman–Crippen LogP) is 6.19. The Morgan fingerprint density at radius 2 is 1.43 bits per heavy atom. The molecule has 0 radical (unpaired) electrons. The molecule has 152 valence electrons. The van der Waals surface area contributed by atoms with Gasteiger partial charge in [0, 0.05) is 46.7 Å². The number of urea groups is 1. The molecule has 30 heavy (non-hydrogen) atoms. The van der Waals surface area contributed by atoms with Gasteiger partial charge in [-0.2, -0.15) is 0 Å². The maximum absolute atomic E-state index is 13.6. The second kappa shape index (κ2) is 7.89. The minimum atomic E-state index is 0.0395. The smallest absolute Gasteiger partial charge is 0.329 e. The maximum atomic E-state index is 13.6. The number of aryl methyl sites for hydroxylation is 1. The van der Waals surface area contributed by atoms with Gasteiger partial charge in [-0.05, 0) is 48.9 Å². The van der Waals surface area contributed by atoms with E-state index in [-0.39, 0.29) is 6.03 Å². The molecule has 1 saturated heterocycles. The molecule has 4 nitrogen and oxygen atoms in total. The van der Waals surface area contributed by atoms with Crippen LogP contribution in [-0.4, -0.2) is 37.1 Å². The van der Waals surface area contributed by atoms with Crippen LogP contribution in [-0.2, 0) is 0 Å². The summed E-state index contributed by atoms with van der Waals surface area (Å²) in [5, 5.41) is 0.744. The van der Waals surface area contributed by atoms with Crippen molar-refractivity contribution in [3.63, 3.8) is 0 Å². The van der Waals surface area contributed by atoms with E-state index in [0.717, 1.165) is 45.0 Å². The van der Waals surface area contributed by atoms with Gasteiger partial charge in [-0.25, -0.2) is 4.79 Å². The molecule has 5 rings (SSSR count). The summed E-state index contributed by atoms with van der Waals surface area (Å²) in [6.45, 7) is 5.04. The number of piperazine rings is 1. The molecule has 0 spiro atoms. The summed E-state index contributed by atoms with van der Waals surface area (Å²) in [7, 11) is 0. The summed E-state index contributed by atoms with van der Waals surface area (Å²) < 4.78 is 0. The normalized spacial score (nSPS) is 15.6. The number of hydrogen-bond donors (Lipinski definition) is 0. The highest BCUT2D eigenvalue weighted by Crippen LogP contribution is 2.48. The molecular formula is C24H22ClN3OS. The second-order valence-electron chi connectivity index (χ2n) is 7.56. The van der Waals surface area contributed by atoms with Gasteiger partial charge in [0.2, 0.25) is 0 Å². The van der Waals surface area contributed by atoms with Gasteiger partial charge in [0.1, 0.15) is 0 Å². The van der Waals surface area contributed by atoms with Crippen molar-refractivity contribution in [1.29, 1.82) is 0 Å². The van der Waals surface area contributed by atoms with Crippen LogP contribution in [0.2, 0.25) is 5.02 Å². The van der Waals surface area contributed by atoms with Gasteiger partial charge < -0.3 is 9.80 Å². The number of anilines is 3. The Morgan fingerprint density at radius 1 is 0.833 bits per heavy atom. The molecule has 0 bridgehead atoms. The lowest BCUT2D eigenvalue weighted by atomic mass is 10.1. The highest BCUT2D eigenvalue weighted by atomic mass is 35.5. The van der Waals surface area contributed by atoms with Crippen LogP contribution >= 0.6 is 23.4 Å². The molecule has 2 aliphatic heterocycles. The summed E-state index contributed by atoms with van der Waals surface area (Å²) in [6, 6.07) is 22.3. The molecule has 2 aliphatic rings. The van der Waals surface area contributed by atoms with Gasteiger partial charge >= 0.3 is 6.03 Å². The topological polar surface area (TPSA) is 26.8 Å². The second-order valence-corrected chi connectivity index (χ2v) is 9.08. The fraction of sp³-hybridized carbons (Fsp3) is 0.208. The van der Waals surface area contributed by atoms with Crippen LogP contribution in [0.4, 0.5) is 21.9 Å². The fourth-order valence-electron chi connectivity index (χ4n) is 4.11. The zero-order valence-corrected chi connectivity index (χ0v) is 18.3. The summed E-state index contributed by atoms with van der Waals surface area (Å²) in [4.78, 5) is 22.0. The lowest BCUT2D eigenvalue weighted by Gasteiger charge is -2.40. The number of benzene rings is 3. The number of carbonyl (C=O) groups is 1. The first-order valence-corrected chi connectivity index (χ1v) is 11.3. The Kier molecular flexibility index (Phi) is 5.09. The van der Waals surface area contributed by atoms with E-state index in [9.17, 15) is 4.79 Å². The van der Waals surface area contributed by atoms with Crippen molar-refractivity contribution in [3.8, 4) is 0 Å².